The Morgan fingerprint density at radius 2 is 1.93 bits per heavy atom. The molecule has 0 spiro atoms. The molecule has 0 N–H and O–H groups in total. The second kappa shape index (κ2) is 4.76. The Bertz CT molecular complexity index is 229. The summed E-state index contributed by atoms with van der Waals surface area (Å²) in [4.78, 5) is 0. The number of rotatable bonds is 6. The minimum Gasteiger partial charge on any atom is -0.0998 e. The van der Waals surface area contributed by atoms with Crippen molar-refractivity contribution in [3.63, 3.8) is 0 Å². The van der Waals surface area contributed by atoms with Gasteiger partial charge in [-0.15, -0.1) is 0 Å². The Morgan fingerprint density at radius 1 is 1.40 bits per heavy atom. The highest BCUT2D eigenvalue weighted by molar-refractivity contribution is 6.61. The molecule has 15 heavy (non-hydrogen) atoms. The summed E-state index contributed by atoms with van der Waals surface area (Å²) < 4.78 is 0. The summed E-state index contributed by atoms with van der Waals surface area (Å²) in [6, 6.07) is 0. The average molecular weight is 206 g/mol. The van der Waals surface area contributed by atoms with Gasteiger partial charge in [0.2, 0.25) is 0 Å². The Kier molecular flexibility index (Phi) is 4.09. The Balaban J connectivity index is 2.68. The highest BCUT2D eigenvalue weighted by Gasteiger charge is 2.56. The molecule has 86 valence electrons. The van der Waals surface area contributed by atoms with Crippen LogP contribution in [0.3, 0.4) is 0 Å². The molecule has 0 aromatic carbocycles. The van der Waals surface area contributed by atoms with E-state index in [1.807, 2.05) is 0 Å². The van der Waals surface area contributed by atoms with Crippen LogP contribution in [0.5, 0.6) is 0 Å². The van der Waals surface area contributed by atoms with Gasteiger partial charge in [0.25, 0.3) is 0 Å². The molecule has 0 heterocycles. The van der Waals surface area contributed by atoms with Crippen molar-refractivity contribution in [2.75, 3.05) is 0 Å². The van der Waals surface area contributed by atoms with Crippen LogP contribution in [0, 0.1) is 11.3 Å². The predicted octanol–water partition coefficient (Wildman–Crippen LogP) is 4.90. The third-order valence-corrected chi connectivity index (χ3v) is 4.76. The van der Waals surface area contributed by atoms with Crippen LogP contribution in [0.25, 0.3) is 0 Å². The van der Waals surface area contributed by atoms with Crippen LogP contribution in [0.1, 0.15) is 47.5 Å². The fourth-order valence-corrected chi connectivity index (χ4v) is 3.76. The van der Waals surface area contributed by atoms with Crippen LogP contribution >= 0.6 is 0 Å². The molecule has 0 aromatic heterocycles. The van der Waals surface area contributed by atoms with Gasteiger partial charge in [-0.1, -0.05) is 64.7 Å². The third kappa shape index (κ3) is 2.32. The SMILES string of the molecule is C=C(C)C(CC)[C@]1(C)C[C@@H]1B(CC)CC. The van der Waals surface area contributed by atoms with Crippen molar-refractivity contribution in [1.29, 1.82) is 0 Å². The largest absolute Gasteiger partial charge is 0.143 e. The van der Waals surface area contributed by atoms with Crippen LogP contribution < -0.4 is 0 Å². The second-order valence-electron chi connectivity index (χ2n) is 5.70. The van der Waals surface area contributed by atoms with E-state index in [1.165, 1.54) is 31.1 Å². The summed E-state index contributed by atoms with van der Waals surface area (Å²) in [5, 5.41) is 0. The molecule has 1 aliphatic carbocycles. The quantitative estimate of drug-likeness (QED) is 0.428. The molecule has 0 radical (unpaired) electrons. The summed E-state index contributed by atoms with van der Waals surface area (Å²) in [6.07, 6.45) is 5.40. The molecule has 3 atom stereocenters. The van der Waals surface area contributed by atoms with Gasteiger partial charge in [0.05, 0.1) is 0 Å². The molecule has 1 unspecified atom stereocenters. The lowest BCUT2D eigenvalue weighted by Gasteiger charge is -2.25. The molecule has 0 amide bonds. The number of allylic oxidation sites excluding steroid dienone is 1. The number of hydrogen-bond acceptors (Lipinski definition) is 0. The normalized spacial score (nSPS) is 31.1. The van der Waals surface area contributed by atoms with Crippen LogP contribution in [0.15, 0.2) is 12.2 Å². The first-order valence-corrected chi connectivity index (χ1v) is 6.66. The van der Waals surface area contributed by atoms with Gasteiger partial charge < -0.3 is 0 Å². The molecule has 0 saturated heterocycles. The third-order valence-electron chi connectivity index (χ3n) is 4.76. The van der Waals surface area contributed by atoms with Gasteiger partial charge in [-0.3, -0.25) is 0 Å². The molecular weight excluding hydrogens is 179 g/mol. The Morgan fingerprint density at radius 3 is 2.27 bits per heavy atom. The summed E-state index contributed by atoms with van der Waals surface area (Å²) in [5.74, 6) is 1.72. The molecular formula is C14H27B. The zero-order chi connectivity index (χ0) is 11.6. The van der Waals surface area contributed by atoms with Gasteiger partial charge in [-0.2, -0.15) is 0 Å². The first-order chi connectivity index (χ1) is 7.01. The molecule has 1 rings (SSSR count). The fourth-order valence-electron chi connectivity index (χ4n) is 3.76. The maximum atomic E-state index is 4.18. The second-order valence-corrected chi connectivity index (χ2v) is 5.70. The van der Waals surface area contributed by atoms with Crippen LogP contribution in [-0.4, -0.2) is 6.71 Å². The monoisotopic (exact) mass is 206 g/mol. The molecule has 0 nitrogen and oxygen atoms in total. The van der Waals surface area contributed by atoms with E-state index in [-0.39, 0.29) is 0 Å². The summed E-state index contributed by atoms with van der Waals surface area (Å²) in [7, 11) is 0. The lowest BCUT2D eigenvalue weighted by atomic mass is 9.40. The zero-order valence-corrected chi connectivity index (χ0v) is 11.3. The average Bonchev–Trinajstić information content (AvgIpc) is 2.81. The van der Waals surface area contributed by atoms with Crippen molar-refractivity contribution in [2.24, 2.45) is 11.3 Å². The standard InChI is InChI=1S/C14H27B/c1-7-12(11(4)5)14(6)10-13(14)15(8-2)9-3/h12-13H,4,7-10H2,1-3,5-6H3/t12?,13-,14-/m0/s1. The van der Waals surface area contributed by atoms with Crippen molar-refractivity contribution in [1.82, 2.24) is 0 Å². The Labute approximate surface area is 96.6 Å². The first-order valence-electron chi connectivity index (χ1n) is 6.66. The van der Waals surface area contributed by atoms with E-state index in [9.17, 15) is 0 Å². The lowest BCUT2D eigenvalue weighted by Crippen LogP contribution is -2.20. The summed E-state index contributed by atoms with van der Waals surface area (Å²) >= 11 is 0. The van der Waals surface area contributed by atoms with Crippen molar-refractivity contribution in [2.45, 2.75) is 65.9 Å². The highest BCUT2D eigenvalue weighted by Crippen LogP contribution is 2.66. The van der Waals surface area contributed by atoms with E-state index in [0.29, 0.717) is 5.41 Å². The van der Waals surface area contributed by atoms with Gasteiger partial charge in [0.15, 0.2) is 0 Å². The topological polar surface area (TPSA) is 0 Å². The molecule has 0 bridgehead atoms. The smallest absolute Gasteiger partial charge is 0.0998 e. The Hall–Kier alpha value is -0.195. The minimum absolute atomic E-state index is 0.581. The van der Waals surface area contributed by atoms with Crippen molar-refractivity contribution < 1.29 is 0 Å². The van der Waals surface area contributed by atoms with Crippen molar-refractivity contribution in [3.8, 4) is 0 Å². The van der Waals surface area contributed by atoms with Gasteiger partial charge in [-0.25, -0.2) is 0 Å². The molecule has 0 aliphatic heterocycles. The van der Waals surface area contributed by atoms with Gasteiger partial charge >= 0.3 is 0 Å². The highest BCUT2D eigenvalue weighted by atomic mass is 14.5. The van der Waals surface area contributed by atoms with E-state index < -0.39 is 0 Å². The molecule has 1 heteroatoms. The zero-order valence-electron chi connectivity index (χ0n) is 11.3. The van der Waals surface area contributed by atoms with Gasteiger partial charge in [-0.05, 0) is 24.7 Å². The summed E-state index contributed by atoms with van der Waals surface area (Å²) in [6.45, 7) is 16.8. The fraction of sp³-hybridized carbons (Fsp3) is 0.857. The molecule has 1 saturated carbocycles. The van der Waals surface area contributed by atoms with E-state index in [1.54, 1.807) is 0 Å². The maximum Gasteiger partial charge on any atom is 0.143 e. The number of hydrogen-bond donors (Lipinski definition) is 0. The minimum atomic E-state index is 0.581. The predicted molar refractivity (Wildman–Crippen MR) is 71.8 cm³/mol. The van der Waals surface area contributed by atoms with Crippen LogP contribution in [0.2, 0.25) is 18.5 Å². The first kappa shape index (κ1) is 12.9. The van der Waals surface area contributed by atoms with Gasteiger partial charge in [0, 0.05) is 0 Å². The van der Waals surface area contributed by atoms with E-state index in [4.69, 9.17) is 0 Å². The van der Waals surface area contributed by atoms with Crippen LogP contribution in [-0.2, 0) is 0 Å². The van der Waals surface area contributed by atoms with Crippen molar-refractivity contribution >= 4 is 6.71 Å². The van der Waals surface area contributed by atoms with E-state index in [2.05, 4.69) is 41.2 Å². The lowest BCUT2D eigenvalue weighted by molar-refractivity contribution is 0.375. The summed E-state index contributed by atoms with van der Waals surface area (Å²) in [5.41, 5.74) is 1.98. The molecule has 0 aromatic rings. The van der Waals surface area contributed by atoms with Crippen LogP contribution in [0.4, 0.5) is 0 Å². The van der Waals surface area contributed by atoms with E-state index >= 15 is 0 Å². The molecule has 1 aliphatic rings. The van der Waals surface area contributed by atoms with E-state index in [0.717, 1.165) is 18.4 Å². The molecule has 1 fully saturated rings. The van der Waals surface area contributed by atoms with Crippen molar-refractivity contribution in [3.05, 3.63) is 12.2 Å². The maximum absolute atomic E-state index is 4.18. The van der Waals surface area contributed by atoms with Gasteiger partial charge in [0.1, 0.15) is 6.71 Å².